The topological polar surface area (TPSA) is 75.5 Å². The summed E-state index contributed by atoms with van der Waals surface area (Å²) >= 11 is 0. The lowest BCUT2D eigenvalue weighted by Gasteiger charge is -2.25. The Hall–Kier alpha value is -3.93. The number of hydrogen-bond donors (Lipinski definition) is 1. The van der Waals surface area contributed by atoms with Crippen LogP contribution in [-0.2, 0) is 11.3 Å². The second-order valence-electron chi connectivity index (χ2n) is 7.17. The third-order valence-corrected chi connectivity index (χ3v) is 5.04. The van der Waals surface area contributed by atoms with Gasteiger partial charge in [0.2, 0.25) is 0 Å². The molecule has 4 rings (SSSR count). The number of para-hydroxylation sites is 1. The maximum Gasteiger partial charge on any atom is 0.305 e. The van der Waals surface area contributed by atoms with Gasteiger partial charge >= 0.3 is 5.97 Å². The summed E-state index contributed by atoms with van der Waals surface area (Å²) in [6, 6.07) is 25.4. The molecule has 0 radical (unpaired) electrons. The van der Waals surface area contributed by atoms with Crippen LogP contribution in [0, 0.1) is 0 Å². The number of fused-ring (bicyclic) bond motifs is 1. The molecule has 0 atom stereocenters. The minimum Gasteiger partial charge on any atom is -0.497 e. The van der Waals surface area contributed by atoms with E-state index in [1.807, 2.05) is 83.8 Å². The number of benzene rings is 3. The molecular formula is C25H23N3O3. The second kappa shape index (κ2) is 9.26. The maximum absolute atomic E-state index is 11.3. The van der Waals surface area contributed by atoms with Crippen LogP contribution in [0.5, 0.6) is 5.75 Å². The first-order chi connectivity index (χ1) is 15.1. The highest BCUT2D eigenvalue weighted by Crippen LogP contribution is 2.29. The molecule has 4 aromatic rings. The van der Waals surface area contributed by atoms with Gasteiger partial charge in [0.05, 0.1) is 19.0 Å². The van der Waals surface area contributed by atoms with Crippen molar-refractivity contribution in [3.8, 4) is 17.1 Å². The molecule has 0 unspecified atom stereocenters. The summed E-state index contributed by atoms with van der Waals surface area (Å²) in [6.07, 6.45) is 0.0169. The molecule has 0 saturated heterocycles. The van der Waals surface area contributed by atoms with Gasteiger partial charge in [0, 0.05) is 24.0 Å². The van der Waals surface area contributed by atoms with Gasteiger partial charge in [-0.05, 0) is 42.0 Å². The molecule has 1 aromatic heterocycles. The number of carboxylic acid groups (broad SMARTS) is 1. The smallest absolute Gasteiger partial charge is 0.305 e. The number of aliphatic carboxylic acids is 1. The van der Waals surface area contributed by atoms with E-state index in [2.05, 4.69) is 0 Å². The molecular weight excluding hydrogens is 390 g/mol. The number of carbonyl (C=O) groups is 1. The van der Waals surface area contributed by atoms with Crippen molar-refractivity contribution in [2.45, 2.75) is 13.0 Å². The highest BCUT2D eigenvalue weighted by atomic mass is 16.5. The zero-order valence-corrected chi connectivity index (χ0v) is 17.2. The van der Waals surface area contributed by atoms with Crippen LogP contribution < -0.4 is 9.64 Å². The van der Waals surface area contributed by atoms with Gasteiger partial charge in [0.1, 0.15) is 11.6 Å². The Morgan fingerprint density at radius 1 is 0.935 bits per heavy atom. The van der Waals surface area contributed by atoms with Gasteiger partial charge in [-0.2, -0.15) is 0 Å². The van der Waals surface area contributed by atoms with Gasteiger partial charge in [-0.25, -0.2) is 9.97 Å². The summed E-state index contributed by atoms with van der Waals surface area (Å²) in [5, 5.41) is 10.2. The Morgan fingerprint density at radius 2 is 1.65 bits per heavy atom. The van der Waals surface area contributed by atoms with Crippen LogP contribution in [0.2, 0.25) is 0 Å². The van der Waals surface area contributed by atoms with E-state index >= 15 is 0 Å². The number of nitrogens with zero attached hydrogens (tertiary/aromatic N) is 3. The number of methoxy groups -OCH3 is 1. The van der Waals surface area contributed by atoms with E-state index < -0.39 is 5.97 Å². The first-order valence-electron chi connectivity index (χ1n) is 10.1. The van der Waals surface area contributed by atoms with Gasteiger partial charge in [-0.1, -0.05) is 42.5 Å². The molecule has 0 bridgehead atoms. The van der Waals surface area contributed by atoms with E-state index in [1.165, 1.54) is 0 Å². The highest BCUT2D eigenvalue weighted by Gasteiger charge is 2.17. The minimum atomic E-state index is -0.841. The zero-order valence-electron chi connectivity index (χ0n) is 17.2. The summed E-state index contributed by atoms with van der Waals surface area (Å²) in [7, 11) is 1.63. The van der Waals surface area contributed by atoms with Crippen LogP contribution in [0.1, 0.15) is 12.0 Å². The Bertz CT molecular complexity index is 1180. The Kier molecular flexibility index (Phi) is 6.08. The zero-order chi connectivity index (χ0) is 21.6. The Labute approximate surface area is 180 Å². The number of carboxylic acids is 1. The van der Waals surface area contributed by atoms with Crippen LogP contribution >= 0.6 is 0 Å². The number of anilines is 1. The molecule has 1 heterocycles. The van der Waals surface area contributed by atoms with Crippen molar-refractivity contribution in [3.05, 3.63) is 84.4 Å². The van der Waals surface area contributed by atoms with Crippen molar-refractivity contribution in [3.63, 3.8) is 0 Å². The average Bonchev–Trinajstić information content (AvgIpc) is 2.81. The van der Waals surface area contributed by atoms with E-state index in [-0.39, 0.29) is 6.42 Å². The predicted molar refractivity (Wildman–Crippen MR) is 121 cm³/mol. The minimum absolute atomic E-state index is 0.0169. The average molecular weight is 413 g/mol. The van der Waals surface area contributed by atoms with E-state index in [0.717, 1.165) is 33.6 Å². The standard InChI is InChI=1S/C25H23N3O3/c1-31-20-13-11-19(12-14-20)24-26-22-10-6-5-9-21(22)25(27-24)28(16-15-23(29)30)17-18-7-3-2-4-8-18/h2-14H,15-17H2,1H3,(H,29,30). The SMILES string of the molecule is COc1ccc(-c2nc(N(CCC(=O)O)Cc3ccccc3)c3ccccc3n2)cc1. The highest BCUT2D eigenvalue weighted by molar-refractivity contribution is 5.91. The number of rotatable bonds is 8. The van der Waals surface area contributed by atoms with E-state index in [9.17, 15) is 9.90 Å². The molecule has 156 valence electrons. The molecule has 0 saturated carbocycles. The van der Waals surface area contributed by atoms with E-state index in [4.69, 9.17) is 14.7 Å². The van der Waals surface area contributed by atoms with Crippen molar-refractivity contribution in [2.24, 2.45) is 0 Å². The predicted octanol–water partition coefficient (Wildman–Crippen LogP) is 4.79. The van der Waals surface area contributed by atoms with Crippen LogP contribution in [0.3, 0.4) is 0 Å². The molecule has 0 amide bonds. The van der Waals surface area contributed by atoms with Crippen LogP contribution in [0.15, 0.2) is 78.9 Å². The molecule has 6 heteroatoms. The first kappa shape index (κ1) is 20.3. The fourth-order valence-electron chi connectivity index (χ4n) is 3.46. The largest absolute Gasteiger partial charge is 0.497 e. The molecule has 0 aliphatic carbocycles. The number of hydrogen-bond acceptors (Lipinski definition) is 5. The first-order valence-corrected chi connectivity index (χ1v) is 10.1. The van der Waals surface area contributed by atoms with Crippen molar-refractivity contribution in [1.29, 1.82) is 0 Å². The molecule has 1 N–H and O–H groups in total. The lowest BCUT2D eigenvalue weighted by molar-refractivity contribution is -0.136. The van der Waals surface area contributed by atoms with Gasteiger partial charge in [0.15, 0.2) is 5.82 Å². The molecule has 0 fully saturated rings. The molecule has 0 aliphatic rings. The number of aromatic nitrogens is 2. The summed E-state index contributed by atoms with van der Waals surface area (Å²) in [5.41, 5.74) is 2.76. The summed E-state index contributed by atoms with van der Waals surface area (Å²) in [6.45, 7) is 0.893. The third kappa shape index (κ3) is 4.80. The molecule has 6 nitrogen and oxygen atoms in total. The molecule has 0 aliphatic heterocycles. The quantitative estimate of drug-likeness (QED) is 0.448. The summed E-state index contributed by atoms with van der Waals surface area (Å²) in [4.78, 5) is 23.0. The second-order valence-corrected chi connectivity index (χ2v) is 7.17. The Morgan fingerprint density at radius 3 is 2.35 bits per heavy atom. The maximum atomic E-state index is 11.3. The van der Waals surface area contributed by atoms with E-state index in [0.29, 0.717) is 18.9 Å². The van der Waals surface area contributed by atoms with E-state index in [1.54, 1.807) is 7.11 Å². The van der Waals surface area contributed by atoms with Gasteiger partial charge in [-0.15, -0.1) is 0 Å². The lowest BCUT2D eigenvalue weighted by atomic mass is 10.1. The molecule has 3 aromatic carbocycles. The Balaban J connectivity index is 1.81. The molecule has 31 heavy (non-hydrogen) atoms. The van der Waals surface area contributed by atoms with Gasteiger partial charge in [-0.3, -0.25) is 4.79 Å². The number of ether oxygens (including phenoxy) is 1. The molecule has 0 spiro atoms. The normalized spacial score (nSPS) is 10.7. The van der Waals surface area contributed by atoms with Crippen LogP contribution in [-0.4, -0.2) is 34.7 Å². The fourth-order valence-corrected chi connectivity index (χ4v) is 3.46. The third-order valence-electron chi connectivity index (χ3n) is 5.04. The summed E-state index contributed by atoms with van der Waals surface area (Å²) < 4.78 is 5.25. The van der Waals surface area contributed by atoms with Crippen molar-refractivity contribution >= 4 is 22.7 Å². The van der Waals surface area contributed by atoms with Gasteiger partial charge in [0.25, 0.3) is 0 Å². The monoisotopic (exact) mass is 413 g/mol. The summed E-state index contributed by atoms with van der Waals surface area (Å²) in [5.74, 6) is 1.23. The lowest BCUT2D eigenvalue weighted by Crippen LogP contribution is -2.27. The van der Waals surface area contributed by atoms with Crippen molar-refractivity contribution in [2.75, 3.05) is 18.6 Å². The fraction of sp³-hybridized carbons (Fsp3) is 0.160. The van der Waals surface area contributed by atoms with Crippen LogP contribution in [0.25, 0.3) is 22.3 Å². The van der Waals surface area contributed by atoms with Gasteiger partial charge < -0.3 is 14.7 Å². The van der Waals surface area contributed by atoms with Crippen molar-refractivity contribution < 1.29 is 14.6 Å². The van der Waals surface area contributed by atoms with Crippen LogP contribution in [0.4, 0.5) is 5.82 Å². The van der Waals surface area contributed by atoms with Crippen molar-refractivity contribution in [1.82, 2.24) is 9.97 Å².